The molecule has 1 aliphatic rings. The van der Waals surface area contributed by atoms with Crippen LogP contribution in [0.15, 0.2) is 22.7 Å². The molecule has 1 aromatic carbocycles. The number of hydrogen-bond donors (Lipinski definition) is 2. The highest BCUT2D eigenvalue weighted by molar-refractivity contribution is 6.30. The summed E-state index contributed by atoms with van der Waals surface area (Å²) in [7, 11) is 0. The highest BCUT2D eigenvalue weighted by Crippen LogP contribution is 2.23. The Kier molecular flexibility index (Phi) is 3.69. The van der Waals surface area contributed by atoms with Gasteiger partial charge in [0.05, 0.1) is 17.2 Å². The van der Waals surface area contributed by atoms with Crippen molar-refractivity contribution in [2.45, 2.75) is 25.0 Å². The van der Waals surface area contributed by atoms with Gasteiger partial charge in [0.1, 0.15) is 5.82 Å². The molecule has 20 heavy (non-hydrogen) atoms. The van der Waals surface area contributed by atoms with E-state index in [2.05, 4.69) is 15.5 Å². The minimum atomic E-state index is -0.463. The molecule has 0 bridgehead atoms. The van der Waals surface area contributed by atoms with E-state index in [4.69, 9.17) is 16.1 Å². The summed E-state index contributed by atoms with van der Waals surface area (Å²) in [5.41, 5.74) is 0.421. The van der Waals surface area contributed by atoms with Crippen LogP contribution in [-0.2, 0) is 6.42 Å². The summed E-state index contributed by atoms with van der Waals surface area (Å²) in [6.45, 7) is 0.505. The molecule has 5 nitrogen and oxygen atoms in total. The Balaban J connectivity index is 1.76. The second-order valence-electron chi connectivity index (χ2n) is 4.79. The highest BCUT2D eigenvalue weighted by atomic mass is 35.5. The minimum Gasteiger partial charge on any atom is -0.392 e. The number of rotatable bonds is 3. The number of benzene rings is 1. The van der Waals surface area contributed by atoms with E-state index in [9.17, 15) is 9.50 Å². The molecule has 2 atom stereocenters. The van der Waals surface area contributed by atoms with Crippen LogP contribution in [0.4, 0.5) is 4.39 Å². The van der Waals surface area contributed by atoms with Crippen molar-refractivity contribution in [1.82, 2.24) is 15.5 Å². The summed E-state index contributed by atoms with van der Waals surface area (Å²) in [5.74, 6) is 0.346. The van der Waals surface area contributed by atoms with Gasteiger partial charge >= 0.3 is 0 Å². The smallest absolute Gasteiger partial charge is 0.243 e. The van der Waals surface area contributed by atoms with Crippen LogP contribution in [-0.4, -0.2) is 27.9 Å². The van der Waals surface area contributed by atoms with Gasteiger partial charge in [0.2, 0.25) is 5.89 Å². The summed E-state index contributed by atoms with van der Waals surface area (Å²) >= 11 is 5.73. The SMILES string of the molecule is O[C@@H]1CN[C@H](c2nc(Cc3cccc(Cl)c3F)no2)C1. The Morgan fingerprint density at radius 3 is 3.10 bits per heavy atom. The molecule has 0 amide bonds. The topological polar surface area (TPSA) is 71.2 Å². The van der Waals surface area contributed by atoms with Crippen molar-refractivity contribution in [3.8, 4) is 0 Å². The number of nitrogens with zero attached hydrogens (tertiary/aromatic N) is 2. The van der Waals surface area contributed by atoms with E-state index < -0.39 is 11.9 Å². The molecule has 1 saturated heterocycles. The fourth-order valence-electron chi connectivity index (χ4n) is 2.24. The molecular weight excluding hydrogens is 285 g/mol. The molecule has 0 radical (unpaired) electrons. The summed E-state index contributed by atoms with van der Waals surface area (Å²) in [4.78, 5) is 4.23. The number of aliphatic hydroxyl groups excluding tert-OH is 1. The van der Waals surface area contributed by atoms with Crippen LogP contribution in [0.3, 0.4) is 0 Å². The van der Waals surface area contributed by atoms with E-state index in [0.717, 1.165) is 0 Å². The third kappa shape index (κ3) is 2.67. The zero-order chi connectivity index (χ0) is 14.1. The Morgan fingerprint density at radius 1 is 1.50 bits per heavy atom. The monoisotopic (exact) mass is 297 g/mol. The molecule has 1 aliphatic heterocycles. The van der Waals surface area contributed by atoms with Gasteiger partial charge in [0, 0.05) is 13.0 Å². The zero-order valence-electron chi connectivity index (χ0n) is 10.5. The fraction of sp³-hybridized carbons (Fsp3) is 0.385. The molecule has 0 unspecified atom stereocenters. The summed E-state index contributed by atoms with van der Waals surface area (Å²) in [6, 6.07) is 4.66. The van der Waals surface area contributed by atoms with Crippen molar-refractivity contribution in [2.75, 3.05) is 6.54 Å². The Morgan fingerprint density at radius 2 is 2.35 bits per heavy atom. The van der Waals surface area contributed by atoms with Crippen molar-refractivity contribution in [3.63, 3.8) is 0 Å². The molecule has 2 aromatic rings. The maximum Gasteiger partial charge on any atom is 0.243 e. The molecule has 0 spiro atoms. The summed E-state index contributed by atoms with van der Waals surface area (Å²) in [6.07, 6.45) is 0.346. The molecule has 2 heterocycles. The predicted molar refractivity (Wildman–Crippen MR) is 69.9 cm³/mol. The number of halogens is 2. The van der Waals surface area contributed by atoms with Crippen molar-refractivity contribution in [1.29, 1.82) is 0 Å². The van der Waals surface area contributed by atoms with Crippen LogP contribution in [0, 0.1) is 5.82 Å². The zero-order valence-corrected chi connectivity index (χ0v) is 11.3. The van der Waals surface area contributed by atoms with Crippen molar-refractivity contribution in [2.24, 2.45) is 0 Å². The van der Waals surface area contributed by atoms with E-state index in [1.807, 2.05) is 0 Å². The van der Waals surface area contributed by atoms with Crippen molar-refractivity contribution >= 4 is 11.6 Å². The molecule has 1 fully saturated rings. The second-order valence-corrected chi connectivity index (χ2v) is 5.20. The largest absolute Gasteiger partial charge is 0.392 e. The third-order valence-electron chi connectivity index (χ3n) is 3.27. The van der Waals surface area contributed by atoms with E-state index in [1.54, 1.807) is 12.1 Å². The summed E-state index contributed by atoms with van der Waals surface area (Å²) in [5, 5.41) is 16.4. The molecule has 0 aliphatic carbocycles. The lowest BCUT2D eigenvalue weighted by Crippen LogP contribution is -2.15. The number of aliphatic hydroxyl groups is 1. The van der Waals surface area contributed by atoms with Crippen LogP contribution in [0.1, 0.15) is 29.7 Å². The molecule has 106 valence electrons. The van der Waals surface area contributed by atoms with Gasteiger partial charge in [-0.3, -0.25) is 0 Å². The van der Waals surface area contributed by atoms with Crippen LogP contribution < -0.4 is 5.32 Å². The van der Waals surface area contributed by atoms with Crippen molar-refractivity contribution in [3.05, 3.63) is 46.3 Å². The first-order valence-electron chi connectivity index (χ1n) is 6.30. The predicted octanol–water partition coefficient (Wildman–Crippen LogP) is 1.85. The normalized spacial score (nSPS) is 22.4. The average Bonchev–Trinajstić information content (AvgIpc) is 3.04. The lowest BCUT2D eigenvalue weighted by molar-refractivity contribution is 0.191. The maximum atomic E-state index is 13.8. The Bertz CT molecular complexity index is 619. The minimum absolute atomic E-state index is 0.0757. The molecule has 7 heteroatoms. The lowest BCUT2D eigenvalue weighted by Gasteiger charge is -2.02. The Labute approximate surface area is 119 Å². The fourth-order valence-corrected chi connectivity index (χ4v) is 2.44. The van der Waals surface area contributed by atoms with Crippen LogP contribution in [0.2, 0.25) is 5.02 Å². The van der Waals surface area contributed by atoms with E-state index in [1.165, 1.54) is 6.07 Å². The molecular formula is C13H13ClFN3O2. The summed E-state index contributed by atoms with van der Waals surface area (Å²) < 4.78 is 18.9. The van der Waals surface area contributed by atoms with Gasteiger partial charge in [-0.2, -0.15) is 4.98 Å². The number of nitrogens with one attached hydrogen (secondary N) is 1. The first kappa shape index (κ1) is 13.5. The first-order valence-corrected chi connectivity index (χ1v) is 6.68. The standard InChI is InChI=1S/C13H13ClFN3O2/c14-9-3-1-2-7(12(9)15)4-11-17-13(20-18-11)10-5-8(19)6-16-10/h1-3,8,10,16,19H,4-6H2/t8-,10-/m0/s1. The van der Waals surface area contributed by atoms with E-state index in [-0.39, 0.29) is 17.5 Å². The van der Waals surface area contributed by atoms with Crippen LogP contribution in [0.25, 0.3) is 0 Å². The van der Waals surface area contributed by atoms with Crippen LogP contribution in [0.5, 0.6) is 0 Å². The number of aromatic nitrogens is 2. The highest BCUT2D eigenvalue weighted by Gasteiger charge is 2.28. The molecule has 2 N–H and O–H groups in total. The van der Waals surface area contributed by atoms with E-state index in [0.29, 0.717) is 30.2 Å². The van der Waals surface area contributed by atoms with Gasteiger partial charge in [-0.1, -0.05) is 28.9 Å². The van der Waals surface area contributed by atoms with E-state index >= 15 is 0 Å². The Hall–Kier alpha value is -1.50. The lowest BCUT2D eigenvalue weighted by atomic mass is 10.1. The second kappa shape index (κ2) is 5.47. The van der Waals surface area contributed by atoms with Gasteiger partial charge in [-0.15, -0.1) is 0 Å². The maximum absolute atomic E-state index is 13.8. The molecule has 0 saturated carbocycles. The van der Waals surface area contributed by atoms with Gasteiger partial charge in [-0.05, 0) is 18.1 Å². The quantitative estimate of drug-likeness (QED) is 0.904. The van der Waals surface area contributed by atoms with Crippen molar-refractivity contribution < 1.29 is 14.0 Å². The van der Waals surface area contributed by atoms with Gasteiger partial charge in [-0.25, -0.2) is 4.39 Å². The number of β-amino-alcohol motifs (C(OH)–C–C–N with tert-alkyl or cyclic N) is 1. The van der Waals surface area contributed by atoms with Gasteiger partial charge in [0.25, 0.3) is 0 Å². The molecule has 1 aromatic heterocycles. The molecule has 3 rings (SSSR count). The van der Waals surface area contributed by atoms with Gasteiger partial charge in [0.15, 0.2) is 5.82 Å². The third-order valence-corrected chi connectivity index (χ3v) is 3.56. The average molecular weight is 298 g/mol. The number of hydrogen-bond acceptors (Lipinski definition) is 5. The first-order chi connectivity index (χ1) is 9.63. The van der Waals surface area contributed by atoms with Crippen LogP contribution >= 0.6 is 11.6 Å². The van der Waals surface area contributed by atoms with Gasteiger partial charge < -0.3 is 14.9 Å².